The number of nitrogen functional groups attached to an aromatic ring is 2. The summed E-state index contributed by atoms with van der Waals surface area (Å²) in [5.74, 6) is -0.406. The molecule has 0 aliphatic heterocycles. The Balaban J connectivity index is 2.04. The zero-order valence-electron chi connectivity index (χ0n) is 13.0. The van der Waals surface area contributed by atoms with Gasteiger partial charge in [-0.05, 0) is 24.5 Å². The minimum atomic E-state index is -4.49. The molecule has 1 aromatic heterocycles. The number of halogens is 3. The van der Waals surface area contributed by atoms with Crippen LogP contribution >= 0.6 is 11.8 Å². The van der Waals surface area contributed by atoms with E-state index in [2.05, 4.69) is 20.6 Å². The Hall–Kier alpha value is -2.69. The minimum Gasteiger partial charge on any atom is -0.394 e. The average molecular weight is 372 g/mol. The standard InChI is InChI=1S/C14H15F3N6OS/c1-25-12-10(18)11(22-13(19)23-12)20-6-9(24)21-8-4-2-3-7(5-8)14(15,16)17/h2-5H,6,18H2,1H3,(H,21,24)(H3,19,20,22,23). The number of thioether (sulfide) groups is 1. The Bertz CT molecular complexity index is 784. The van der Waals surface area contributed by atoms with Crippen LogP contribution < -0.4 is 22.1 Å². The SMILES string of the molecule is CSc1nc(N)nc(NCC(=O)Nc2cccc(C(F)(F)F)c2)c1N. The molecule has 134 valence electrons. The van der Waals surface area contributed by atoms with E-state index in [0.717, 1.165) is 12.1 Å². The summed E-state index contributed by atoms with van der Waals surface area (Å²) >= 11 is 1.26. The highest BCUT2D eigenvalue weighted by Crippen LogP contribution is 2.30. The molecular formula is C14H15F3N6OS. The molecule has 2 rings (SSSR count). The fraction of sp³-hybridized carbons (Fsp3) is 0.214. The predicted octanol–water partition coefficient (Wildman–Crippen LogP) is 2.43. The molecule has 6 N–H and O–H groups in total. The highest BCUT2D eigenvalue weighted by atomic mass is 32.2. The number of nitrogens with zero attached hydrogens (tertiary/aromatic N) is 2. The lowest BCUT2D eigenvalue weighted by Gasteiger charge is -2.12. The molecule has 0 atom stereocenters. The zero-order chi connectivity index (χ0) is 18.6. The van der Waals surface area contributed by atoms with Crippen LogP contribution in [0.15, 0.2) is 29.3 Å². The summed E-state index contributed by atoms with van der Waals surface area (Å²) in [6, 6.07) is 4.33. The van der Waals surface area contributed by atoms with Gasteiger partial charge in [-0.1, -0.05) is 6.07 Å². The van der Waals surface area contributed by atoms with Gasteiger partial charge in [0, 0.05) is 5.69 Å². The highest BCUT2D eigenvalue weighted by molar-refractivity contribution is 7.98. The second-order valence-corrected chi connectivity index (χ2v) is 5.63. The van der Waals surface area contributed by atoms with Gasteiger partial charge in [-0.2, -0.15) is 18.2 Å². The Morgan fingerprint density at radius 3 is 2.64 bits per heavy atom. The molecule has 0 aliphatic carbocycles. The fourth-order valence-corrected chi connectivity index (χ4v) is 2.40. The van der Waals surface area contributed by atoms with Crippen LogP contribution in [-0.4, -0.2) is 28.7 Å². The van der Waals surface area contributed by atoms with E-state index in [1.165, 1.54) is 23.9 Å². The van der Waals surface area contributed by atoms with Crippen molar-refractivity contribution in [1.29, 1.82) is 0 Å². The number of carbonyl (C=O) groups is 1. The summed E-state index contributed by atoms with van der Waals surface area (Å²) in [5, 5.41) is 5.51. The summed E-state index contributed by atoms with van der Waals surface area (Å²) in [6.07, 6.45) is -2.73. The number of hydrogen-bond donors (Lipinski definition) is 4. The van der Waals surface area contributed by atoms with Crippen molar-refractivity contribution < 1.29 is 18.0 Å². The largest absolute Gasteiger partial charge is 0.416 e. The van der Waals surface area contributed by atoms with Crippen LogP contribution in [-0.2, 0) is 11.0 Å². The number of nitrogens with one attached hydrogen (secondary N) is 2. The van der Waals surface area contributed by atoms with Gasteiger partial charge in [0.15, 0.2) is 5.82 Å². The van der Waals surface area contributed by atoms with Crippen molar-refractivity contribution >= 4 is 40.8 Å². The maximum Gasteiger partial charge on any atom is 0.416 e. The van der Waals surface area contributed by atoms with Gasteiger partial charge < -0.3 is 22.1 Å². The van der Waals surface area contributed by atoms with Crippen molar-refractivity contribution in [3.63, 3.8) is 0 Å². The Kier molecular flexibility index (Phi) is 5.57. The van der Waals surface area contributed by atoms with E-state index in [1.54, 1.807) is 6.26 Å². The second-order valence-electron chi connectivity index (χ2n) is 4.83. The predicted molar refractivity (Wildman–Crippen MR) is 91.2 cm³/mol. The number of anilines is 4. The minimum absolute atomic E-state index is 0.0145. The molecule has 0 bridgehead atoms. The number of nitrogens with two attached hydrogens (primary N) is 2. The van der Waals surface area contributed by atoms with Gasteiger partial charge in [-0.3, -0.25) is 4.79 Å². The lowest BCUT2D eigenvalue weighted by molar-refractivity contribution is -0.137. The van der Waals surface area contributed by atoms with Gasteiger partial charge in [0.25, 0.3) is 0 Å². The molecule has 0 fully saturated rings. The first-order valence-electron chi connectivity index (χ1n) is 6.88. The first kappa shape index (κ1) is 18.6. The molecule has 25 heavy (non-hydrogen) atoms. The number of benzene rings is 1. The molecule has 0 unspecified atom stereocenters. The van der Waals surface area contributed by atoms with Crippen molar-refractivity contribution in [1.82, 2.24) is 9.97 Å². The van der Waals surface area contributed by atoms with Crippen molar-refractivity contribution in [3.8, 4) is 0 Å². The second kappa shape index (κ2) is 7.47. The Morgan fingerprint density at radius 2 is 2.00 bits per heavy atom. The number of rotatable bonds is 5. The van der Waals surface area contributed by atoms with Crippen molar-refractivity contribution in [2.24, 2.45) is 0 Å². The summed E-state index contributed by atoms with van der Waals surface area (Å²) in [7, 11) is 0. The molecule has 2 aromatic rings. The molecule has 1 heterocycles. The lowest BCUT2D eigenvalue weighted by Crippen LogP contribution is -2.23. The van der Waals surface area contributed by atoms with Crippen LogP contribution in [0.1, 0.15) is 5.56 Å². The van der Waals surface area contributed by atoms with Gasteiger partial charge in [0.2, 0.25) is 11.9 Å². The van der Waals surface area contributed by atoms with Crippen LogP contribution in [0.5, 0.6) is 0 Å². The smallest absolute Gasteiger partial charge is 0.394 e. The van der Waals surface area contributed by atoms with Gasteiger partial charge in [-0.15, -0.1) is 11.8 Å². The first-order chi connectivity index (χ1) is 11.7. The normalized spacial score (nSPS) is 11.2. The fourth-order valence-electron chi connectivity index (χ4n) is 1.90. The van der Waals surface area contributed by atoms with Gasteiger partial charge in [0.05, 0.1) is 12.1 Å². The van der Waals surface area contributed by atoms with E-state index in [4.69, 9.17) is 11.5 Å². The van der Waals surface area contributed by atoms with Crippen molar-refractivity contribution in [2.45, 2.75) is 11.2 Å². The van der Waals surface area contributed by atoms with Crippen molar-refractivity contribution in [3.05, 3.63) is 29.8 Å². The summed E-state index contributed by atoms with van der Waals surface area (Å²) < 4.78 is 38.0. The zero-order valence-corrected chi connectivity index (χ0v) is 13.8. The van der Waals surface area contributed by atoms with Crippen LogP contribution in [0.3, 0.4) is 0 Å². The maximum atomic E-state index is 12.7. The highest BCUT2D eigenvalue weighted by Gasteiger charge is 2.30. The molecule has 11 heteroatoms. The molecule has 0 aliphatic rings. The van der Waals surface area contributed by atoms with E-state index >= 15 is 0 Å². The molecule has 7 nitrogen and oxygen atoms in total. The number of alkyl halides is 3. The number of hydrogen-bond acceptors (Lipinski definition) is 7. The van der Waals surface area contributed by atoms with Gasteiger partial charge in [0.1, 0.15) is 10.7 Å². The van der Waals surface area contributed by atoms with Crippen LogP contribution in [0.25, 0.3) is 0 Å². The molecular weight excluding hydrogens is 357 g/mol. The molecule has 0 saturated carbocycles. The molecule has 0 saturated heterocycles. The Labute approximate surface area is 145 Å². The van der Waals surface area contributed by atoms with E-state index in [0.29, 0.717) is 5.03 Å². The average Bonchev–Trinajstić information content (AvgIpc) is 2.54. The topological polar surface area (TPSA) is 119 Å². The first-order valence-corrected chi connectivity index (χ1v) is 8.11. The van der Waals surface area contributed by atoms with Gasteiger partial charge >= 0.3 is 6.18 Å². The van der Waals surface area contributed by atoms with E-state index in [-0.39, 0.29) is 29.7 Å². The van der Waals surface area contributed by atoms with E-state index in [1.807, 2.05) is 0 Å². The quantitative estimate of drug-likeness (QED) is 0.470. The molecule has 0 radical (unpaired) electrons. The maximum absolute atomic E-state index is 12.7. The summed E-state index contributed by atoms with van der Waals surface area (Å²) in [6.45, 7) is -0.259. The van der Waals surface area contributed by atoms with E-state index < -0.39 is 17.6 Å². The Morgan fingerprint density at radius 1 is 1.28 bits per heavy atom. The third-order valence-corrected chi connectivity index (χ3v) is 3.71. The van der Waals surface area contributed by atoms with Gasteiger partial charge in [-0.25, -0.2) is 4.98 Å². The van der Waals surface area contributed by atoms with Crippen molar-refractivity contribution in [2.75, 3.05) is 34.9 Å². The van der Waals surface area contributed by atoms with Crippen LogP contribution in [0.2, 0.25) is 0 Å². The molecule has 0 spiro atoms. The number of amides is 1. The molecule has 1 amide bonds. The van der Waals surface area contributed by atoms with Crippen LogP contribution in [0, 0.1) is 0 Å². The van der Waals surface area contributed by atoms with Crippen LogP contribution in [0.4, 0.5) is 36.3 Å². The number of carbonyl (C=O) groups excluding carboxylic acids is 1. The third-order valence-electron chi connectivity index (χ3n) is 3.01. The summed E-state index contributed by atoms with van der Waals surface area (Å²) in [4.78, 5) is 19.8. The number of aromatic nitrogens is 2. The van der Waals surface area contributed by atoms with E-state index in [9.17, 15) is 18.0 Å². The summed E-state index contributed by atoms with van der Waals surface area (Å²) in [5.41, 5.74) is 10.8. The molecule has 1 aromatic carbocycles. The monoisotopic (exact) mass is 372 g/mol. The lowest BCUT2D eigenvalue weighted by atomic mass is 10.2. The third kappa shape index (κ3) is 4.89.